The minimum absolute atomic E-state index is 0.124. The van der Waals surface area contributed by atoms with Crippen LogP contribution in [-0.2, 0) is 4.79 Å². The number of halogens is 1. The molecule has 0 radical (unpaired) electrons. The summed E-state index contributed by atoms with van der Waals surface area (Å²) in [7, 11) is 3.29. The zero-order chi connectivity index (χ0) is 20.8. The molecule has 1 amide bonds. The molecule has 1 aliphatic heterocycles. The average Bonchev–Trinajstić information content (AvgIpc) is 2.98. The summed E-state index contributed by atoms with van der Waals surface area (Å²) < 4.78 is 11.2. The zero-order valence-corrected chi connectivity index (χ0v) is 18.1. The number of nitrogens with zero attached hydrogens (tertiary/aromatic N) is 3. The summed E-state index contributed by atoms with van der Waals surface area (Å²) in [6.07, 6.45) is 7.00. The Hall–Kier alpha value is -2.51. The lowest BCUT2D eigenvalue weighted by molar-refractivity contribution is -0.121. The number of aromatic nitrogens is 1. The second-order valence-electron chi connectivity index (χ2n) is 6.31. The molecule has 152 valence electrons. The van der Waals surface area contributed by atoms with Crippen LogP contribution in [0, 0.1) is 0 Å². The van der Waals surface area contributed by atoms with Crippen LogP contribution in [0.4, 0.5) is 5.69 Å². The molecule has 1 aromatic heterocycles. The van der Waals surface area contributed by atoms with Crippen molar-refractivity contribution in [2.75, 3.05) is 20.8 Å². The predicted octanol–water partition coefficient (Wildman–Crippen LogP) is 5.16. The number of aliphatic imine (C=N–C) groups is 1. The van der Waals surface area contributed by atoms with Crippen LogP contribution in [0.15, 0.2) is 46.6 Å². The molecular formula is C21H22ClN3O3S. The molecule has 1 aliphatic rings. The first kappa shape index (κ1) is 21.2. The second kappa shape index (κ2) is 9.80. The number of unbranched alkanes of at least 4 members (excludes halogenated alkanes) is 1. The minimum atomic E-state index is -0.124. The van der Waals surface area contributed by atoms with Crippen LogP contribution in [0.25, 0.3) is 6.08 Å². The number of hydrogen-bond donors (Lipinski definition) is 0. The van der Waals surface area contributed by atoms with Crippen molar-refractivity contribution in [3.05, 3.63) is 52.2 Å². The molecule has 1 aromatic carbocycles. The van der Waals surface area contributed by atoms with Gasteiger partial charge in [0.05, 0.1) is 29.3 Å². The molecule has 0 N–H and O–H groups in total. The number of benzene rings is 1. The molecule has 0 saturated carbocycles. The number of methoxy groups -OCH3 is 1. The Morgan fingerprint density at radius 2 is 2.14 bits per heavy atom. The molecule has 0 unspecified atom stereocenters. The van der Waals surface area contributed by atoms with E-state index in [1.807, 2.05) is 24.3 Å². The summed E-state index contributed by atoms with van der Waals surface area (Å²) in [6, 6.07) is 7.33. The summed E-state index contributed by atoms with van der Waals surface area (Å²) in [5.41, 5.74) is 1.41. The number of rotatable bonds is 7. The second-order valence-corrected chi connectivity index (χ2v) is 7.72. The first-order chi connectivity index (χ1) is 14.0. The van der Waals surface area contributed by atoms with Gasteiger partial charge in [0.15, 0.2) is 16.7 Å². The first-order valence-electron chi connectivity index (χ1n) is 9.20. The van der Waals surface area contributed by atoms with E-state index in [2.05, 4.69) is 16.9 Å². The minimum Gasteiger partial charge on any atom is -0.493 e. The molecular weight excluding hydrogens is 410 g/mol. The van der Waals surface area contributed by atoms with E-state index in [0.717, 1.165) is 18.4 Å². The maximum Gasteiger partial charge on any atom is 0.266 e. The SMILES string of the molecule is CCCCOc1ccc(/C=C2\SC(=Nc3ccncc3Cl)N(C)C2=O)cc1OC. The van der Waals surface area contributed by atoms with Crippen LogP contribution >= 0.6 is 23.4 Å². The van der Waals surface area contributed by atoms with Crippen LogP contribution in [-0.4, -0.2) is 41.7 Å². The molecule has 29 heavy (non-hydrogen) atoms. The van der Waals surface area contributed by atoms with Crippen LogP contribution in [0.3, 0.4) is 0 Å². The summed E-state index contributed by atoms with van der Waals surface area (Å²) in [6.45, 7) is 2.76. The highest BCUT2D eigenvalue weighted by Gasteiger charge is 2.30. The third-order valence-electron chi connectivity index (χ3n) is 4.21. The lowest BCUT2D eigenvalue weighted by Gasteiger charge is -2.11. The summed E-state index contributed by atoms with van der Waals surface area (Å²) >= 11 is 7.42. The maximum absolute atomic E-state index is 12.6. The number of carbonyl (C=O) groups excluding carboxylic acids is 1. The van der Waals surface area contributed by atoms with E-state index in [0.29, 0.717) is 38.9 Å². The van der Waals surface area contributed by atoms with E-state index in [4.69, 9.17) is 21.1 Å². The Balaban J connectivity index is 1.83. The van der Waals surface area contributed by atoms with E-state index in [-0.39, 0.29) is 5.91 Å². The summed E-state index contributed by atoms with van der Waals surface area (Å²) in [5.74, 6) is 1.21. The number of carbonyl (C=O) groups is 1. The molecule has 2 heterocycles. The molecule has 1 saturated heterocycles. The molecule has 3 rings (SSSR count). The molecule has 0 bridgehead atoms. The van der Waals surface area contributed by atoms with Gasteiger partial charge in [-0.2, -0.15) is 0 Å². The molecule has 6 nitrogen and oxygen atoms in total. The normalized spacial score (nSPS) is 16.7. The van der Waals surface area contributed by atoms with Crippen molar-refractivity contribution >= 4 is 46.2 Å². The van der Waals surface area contributed by atoms with Crippen LogP contribution in [0.1, 0.15) is 25.3 Å². The van der Waals surface area contributed by atoms with Crippen molar-refractivity contribution in [1.29, 1.82) is 0 Å². The molecule has 0 spiro atoms. The number of amides is 1. The Kier molecular flexibility index (Phi) is 7.17. The van der Waals surface area contributed by atoms with Gasteiger partial charge < -0.3 is 9.47 Å². The van der Waals surface area contributed by atoms with Crippen LogP contribution in [0.2, 0.25) is 5.02 Å². The van der Waals surface area contributed by atoms with Gasteiger partial charge in [0, 0.05) is 19.4 Å². The maximum atomic E-state index is 12.6. The number of pyridine rings is 1. The lowest BCUT2D eigenvalue weighted by Crippen LogP contribution is -2.23. The van der Waals surface area contributed by atoms with Crippen molar-refractivity contribution in [1.82, 2.24) is 9.88 Å². The lowest BCUT2D eigenvalue weighted by atomic mass is 10.2. The van der Waals surface area contributed by atoms with E-state index in [9.17, 15) is 4.79 Å². The van der Waals surface area contributed by atoms with E-state index < -0.39 is 0 Å². The van der Waals surface area contributed by atoms with Gasteiger partial charge in [0.25, 0.3) is 5.91 Å². The number of ether oxygens (including phenoxy) is 2. The van der Waals surface area contributed by atoms with E-state index in [1.54, 1.807) is 26.4 Å². The average molecular weight is 432 g/mol. The number of thioether (sulfide) groups is 1. The number of likely N-dealkylation sites (N-methyl/N-ethyl adjacent to an activating group) is 1. The van der Waals surface area contributed by atoms with E-state index in [1.165, 1.54) is 22.9 Å². The van der Waals surface area contributed by atoms with Crippen molar-refractivity contribution in [2.24, 2.45) is 4.99 Å². The van der Waals surface area contributed by atoms with Gasteiger partial charge in [0.1, 0.15) is 0 Å². The van der Waals surface area contributed by atoms with Crippen molar-refractivity contribution in [3.8, 4) is 11.5 Å². The summed E-state index contributed by atoms with van der Waals surface area (Å²) in [5, 5.41) is 0.989. The van der Waals surface area contributed by atoms with Crippen molar-refractivity contribution in [3.63, 3.8) is 0 Å². The predicted molar refractivity (Wildman–Crippen MR) is 118 cm³/mol. The van der Waals surface area contributed by atoms with Crippen molar-refractivity contribution in [2.45, 2.75) is 19.8 Å². The molecule has 8 heteroatoms. The quantitative estimate of drug-likeness (QED) is 0.447. The first-order valence-corrected chi connectivity index (χ1v) is 10.4. The molecule has 1 fully saturated rings. The Bertz CT molecular complexity index is 962. The van der Waals surface area contributed by atoms with Crippen LogP contribution < -0.4 is 9.47 Å². The third-order valence-corrected chi connectivity index (χ3v) is 5.56. The Labute approximate surface area is 179 Å². The Morgan fingerprint density at radius 1 is 1.31 bits per heavy atom. The van der Waals surface area contributed by atoms with Crippen LogP contribution in [0.5, 0.6) is 11.5 Å². The van der Waals surface area contributed by atoms with E-state index >= 15 is 0 Å². The highest BCUT2D eigenvalue weighted by molar-refractivity contribution is 8.18. The molecule has 0 aliphatic carbocycles. The zero-order valence-electron chi connectivity index (χ0n) is 16.5. The third kappa shape index (κ3) is 5.10. The fourth-order valence-electron chi connectivity index (χ4n) is 2.58. The monoisotopic (exact) mass is 431 g/mol. The smallest absolute Gasteiger partial charge is 0.266 e. The fourth-order valence-corrected chi connectivity index (χ4v) is 3.73. The standard InChI is InChI=1S/C21H22ClN3O3S/c1-4-5-10-28-17-7-6-14(11-18(17)27-3)12-19-20(26)25(2)21(29-19)24-16-8-9-23-13-15(16)22/h6-9,11-13H,4-5,10H2,1-3H3/b19-12-,24-21?. The highest BCUT2D eigenvalue weighted by atomic mass is 35.5. The summed E-state index contributed by atoms with van der Waals surface area (Å²) in [4.78, 5) is 23.2. The van der Waals surface area contributed by atoms with Gasteiger partial charge in [-0.1, -0.05) is 31.0 Å². The van der Waals surface area contributed by atoms with Gasteiger partial charge >= 0.3 is 0 Å². The van der Waals surface area contributed by atoms with Crippen molar-refractivity contribution < 1.29 is 14.3 Å². The van der Waals surface area contributed by atoms with Gasteiger partial charge in [-0.15, -0.1) is 0 Å². The van der Waals surface area contributed by atoms with Gasteiger partial charge in [-0.3, -0.25) is 14.7 Å². The number of hydrogen-bond acceptors (Lipinski definition) is 6. The largest absolute Gasteiger partial charge is 0.493 e. The van der Waals surface area contributed by atoms with Gasteiger partial charge in [0.2, 0.25) is 0 Å². The topological polar surface area (TPSA) is 64.0 Å². The molecule has 0 atom stereocenters. The Morgan fingerprint density at radius 3 is 2.86 bits per heavy atom. The fraction of sp³-hybridized carbons (Fsp3) is 0.286. The number of amidine groups is 1. The molecule has 2 aromatic rings. The highest BCUT2D eigenvalue weighted by Crippen LogP contribution is 2.36. The van der Waals surface area contributed by atoms with Gasteiger partial charge in [-0.25, -0.2) is 4.99 Å². The van der Waals surface area contributed by atoms with Gasteiger partial charge in [-0.05, 0) is 48.0 Å².